The summed E-state index contributed by atoms with van der Waals surface area (Å²) in [6.45, 7) is 11.3. The lowest BCUT2D eigenvalue weighted by atomic mass is 9.78. The maximum absolute atomic E-state index is 15.0. The van der Waals surface area contributed by atoms with Gasteiger partial charge in [0.2, 0.25) is 17.9 Å². The highest BCUT2D eigenvalue weighted by atomic mass is 127. The minimum atomic E-state index is -1.20. The number of Topliss-reactive ketones (excluding diaryl/α,β-unsaturated/α-hetero) is 1. The van der Waals surface area contributed by atoms with E-state index in [2.05, 4.69) is 36.5 Å². The lowest BCUT2D eigenvalue weighted by Crippen LogP contribution is -2.45. The standard InChI is InChI=1S/C68H84ClIN8O13/c1-45(2)63(76-67(84)90-43-46-10-5-4-6-11-46)56(79)19-24-71-50-17-15-47(16-18-50)64(65(82)74-26-32-87-35-34-86-31-25-73-60(80)14-9-23-72-61(81)41-70)91-57-39-55-62(52-13-8-7-12-51(52)57)49(40-69)42-78(55)66(83)54-36-48-37-59(58(85-3)38-53(48)75-54)89-33-29-77-27-20-68(21-28-77)22-30-88-44-68/h4-8,10-13,15-18,36-39,45,49,63-64,71,75H,9,14,19-35,40-44H2,1-3H3,(H,72,81)(H,73,80)(H,74,82)(H,76,84)/t49-,63+,64?/m1/s1. The molecule has 0 bridgehead atoms. The summed E-state index contributed by atoms with van der Waals surface area (Å²) in [6.07, 6.45) is 2.48. The Morgan fingerprint density at radius 1 is 0.769 bits per heavy atom. The molecule has 0 aliphatic carbocycles. The molecule has 9 rings (SSSR count). The summed E-state index contributed by atoms with van der Waals surface area (Å²) in [5, 5.41) is 16.9. The van der Waals surface area contributed by atoms with Crippen molar-refractivity contribution in [2.75, 3.05) is 126 Å². The average Bonchev–Trinajstić information content (AvgIpc) is 1.64. The maximum atomic E-state index is 15.0. The molecule has 0 radical (unpaired) electrons. The number of rotatable bonds is 34. The lowest BCUT2D eigenvalue weighted by molar-refractivity contribution is -0.128. The number of carbonyl (C=O) groups is 6. The Morgan fingerprint density at radius 3 is 2.20 bits per heavy atom. The van der Waals surface area contributed by atoms with E-state index in [-0.39, 0.29) is 93.8 Å². The van der Waals surface area contributed by atoms with Gasteiger partial charge in [-0.1, -0.05) is 103 Å². The maximum Gasteiger partial charge on any atom is 0.408 e. The van der Waals surface area contributed by atoms with E-state index in [1.54, 1.807) is 36.3 Å². The second-order valence-electron chi connectivity index (χ2n) is 23.5. The quantitative estimate of drug-likeness (QED) is 0.0125. The highest BCUT2D eigenvalue weighted by Gasteiger charge is 2.39. The Labute approximate surface area is 550 Å². The molecule has 1 unspecified atom stereocenters. The number of aromatic amines is 1. The molecule has 2 saturated heterocycles. The van der Waals surface area contributed by atoms with Crippen molar-refractivity contribution in [1.82, 2.24) is 31.2 Å². The fourth-order valence-electron chi connectivity index (χ4n) is 11.8. The Hall–Kier alpha value is -7.22. The van der Waals surface area contributed by atoms with E-state index in [4.69, 9.17) is 44.8 Å². The van der Waals surface area contributed by atoms with Crippen LogP contribution < -0.4 is 45.7 Å². The molecular weight excluding hydrogens is 1300 g/mol. The summed E-state index contributed by atoms with van der Waals surface area (Å²) >= 11 is 8.75. The molecule has 3 aliphatic heterocycles. The number of hydrogen-bond acceptors (Lipinski definition) is 15. The Bertz CT molecular complexity index is 3410. The molecule has 488 valence electrons. The van der Waals surface area contributed by atoms with Crippen molar-refractivity contribution in [1.29, 1.82) is 0 Å². The van der Waals surface area contributed by atoms with Gasteiger partial charge >= 0.3 is 6.09 Å². The molecule has 6 aromatic rings. The number of H-pyrrole nitrogens is 1. The Morgan fingerprint density at radius 2 is 1.49 bits per heavy atom. The molecule has 3 atom stereocenters. The van der Waals surface area contributed by atoms with Crippen LogP contribution in [0.2, 0.25) is 0 Å². The monoisotopic (exact) mass is 1380 g/mol. The van der Waals surface area contributed by atoms with Crippen molar-refractivity contribution in [3.05, 3.63) is 126 Å². The van der Waals surface area contributed by atoms with Crippen molar-refractivity contribution in [3.8, 4) is 17.2 Å². The van der Waals surface area contributed by atoms with Crippen molar-refractivity contribution in [2.24, 2.45) is 11.3 Å². The number of nitrogens with one attached hydrogen (secondary N) is 6. The topological polar surface area (TPSA) is 249 Å². The summed E-state index contributed by atoms with van der Waals surface area (Å²) in [5.41, 5.74) is 4.92. The summed E-state index contributed by atoms with van der Waals surface area (Å²) < 4.78 is 42.0. The number of benzene rings is 5. The number of alkyl carbamates (subject to hydrolysis) is 1. The molecule has 2 fully saturated rings. The highest BCUT2D eigenvalue weighted by molar-refractivity contribution is 14.1. The third-order valence-corrected chi connectivity index (χ3v) is 17.9. The average molecular weight is 1380 g/mol. The number of anilines is 2. The van der Waals surface area contributed by atoms with Crippen molar-refractivity contribution in [2.45, 2.75) is 77.0 Å². The number of methoxy groups -OCH3 is 1. The molecular formula is C68H84ClIN8O13. The predicted molar refractivity (Wildman–Crippen MR) is 358 cm³/mol. The zero-order valence-electron chi connectivity index (χ0n) is 52.1. The van der Waals surface area contributed by atoms with Gasteiger partial charge in [0, 0.05) is 110 Å². The number of ketones is 1. The number of aromatic nitrogens is 1. The third-order valence-electron chi connectivity index (χ3n) is 16.9. The van der Waals surface area contributed by atoms with Gasteiger partial charge in [-0.05, 0) is 90.9 Å². The van der Waals surface area contributed by atoms with Crippen LogP contribution in [-0.2, 0) is 44.7 Å². The van der Waals surface area contributed by atoms with E-state index >= 15 is 0 Å². The van der Waals surface area contributed by atoms with Crippen molar-refractivity contribution < 1.29 is 61.9 Å². The first-order chi connectivity index (χ1) is 44.2. The number of piperidine rings is 1. The Balaban J connectivity index is 0.869. The Kier molecular flexibility index (Phi) is 25.4. The lowest BCUT2D eigenvalue weighted by Gasteiger charge is -2.38. The first-order valence-electron chi connectivity index (χ1n) is 31.4. The summed E-state index contributed by atoms with van der Waals surface area (Å²) in [6, 6.07) is 30.9. The fraction of sp³-hybridized carbons (Fsp3) is 0.471. The normalized spacial score (nSPS) is 15.9. The largest absolute Gasteiger partial charge is 0.493 e. The zero-order chi connectivity index (χ0) is 64.1. The fourth-order valence-corrected chi connectivity index (χ4v) is 12.3. The molecule has 23 heteroatoms. The second kappa shape index (κ2) is 33.9. The number of fused-ring (bicyclic) bond motifs is 4. The molecule has 1 aromatic heterocycles. The molecule has 0 saturated carbocycles. The second-order valence-corrected chi connectivity index (χ2v) is 24.6. The van der Waals surface area contributed by atoms with Gasteiger partial charge in [-0.3, -0.25) is 28.9 Å². The molecule has 5 aromatic carbocycles. The van der Waals surface area contributed by atoms with Gasteiger partial charge in [-0.15, -0.1) is 11.6 Å². The summed E-state index contributed by atoms with van der Waals surface area (Å²) in [5.74, 6) is 0.267. The highest BCUT2D eigenvalue weighted by Crippen LogP contribution is 2.47. The van der Waals surface area contributed by atoms with Gasteiger partial charge in [0.15, 0.2) is 17.3 Å². The number of ether oxygens (including phenoxy) is 7. The van der Waals surface area contributed by atoms with Crippen LogP contribution in [0.15, 0.2) is 103 Å². The van der Waals surface area contributed by atoms with Crippen LogP contribution in [0, 0.1) is 11.3 Å². The zero-order valence-corrected chi connectivity index (χ0v) is 55.0. The SMILES string of the molecule is COc1cc2[nH]c(C(=O)N3C[C@@H](CCl)c4c3cc(OC(C(=O)NCCOCCOCCNC(=O)CCCNC(=O)CI)c3ccc(NCCC(=O)[C@@H](NC(=O)OCc5ccccc5)C(C)C)cc3)c3ccccc43)cc2cc1OCCN1CCC2(CCOC2)CC1. The number of alkyl halides is 2. The van der Waals surface area contributed by atoms with E-state index in [1.165, 1.54) is 0 Å². The van der Waals surface area contributed by atoms with Crippen LogP contribution in [0.4, 0.5) is 16.2 Å². The van der Waals surface area contributed by atoms with E-state index in [1.807, 2.05) is 115 Å². The van der Waals surface area contributed by atoms with Gasteiger partial charge in [-0.25, -0.2) is 4.79 Å². The van der Waals surface area contributed by atoms with Crippen LogP contribution in [-0.4, -0.2) is 167 Å². The third kappa shape index (κ3) is 18.7. The molecule has 1 spiro atoms. The number of carbonyl (C=O) groups excluding carboxylic acids is 6. The van der Waals surface area contributed by atoms with Crippen LogP contribution >= 0.6 is 34.2 Å². The number of amides is 5. The van der Waals surface area contributed by atoms with Crippen LogP contribution in [0.25, 0.3) is 21.7 Å². The number of hydrogen-bond donors (Lipinski definition) is 6. The van der Waals surface area contributed by atoms with E-state index in [0.29, 0.717) is 94.3 Å². The van der Waals surface area contributed by atoms with E-state index in [9.17, 15) is 28.8 Å². The molecule has 5 amide bonds. The van der Waals surface area contributed by atoms with Crippen LogP contribution in [0.3, 0.4) is 0 Å². The van der Waals surface area contributed by atoms with Gasteiger partial charge in [0.25, 0.3) is 11.8 Å². The smallest absolute Gasteiger partial charge is 0.408 e. The number of likely N-dealkylation sites (tertiary alicyclic amines) is 1. The van der Waals surface area contributed by atoms with Crippen LogP contribution in [0.1, 0.15) is 91.6 Å². The van der Waals surface area contributed by atoms with Gasteiger partial charge < -0.3 is 69.6 Å². The molecule has 3 aliphatic rings. The summed E-state index contributed by atoms with van der Waals surface area (Å²) in [7, 11) is 1.60. The van der Waals surface area contributed by atoms with E-state index in [0.717, 1.165) is 79.4 Å². The minimum Gasteiger partial charge on any atom is -0.493 e. The number of nitrogens with zero attached hydrogens (tertiary/aromatic N) is 2. The molecule has 4 heterocycles. The van der Waals surface area contributed by atoms with Crippen molar-refractivity contribution >= 4 is 103 Å². The molecule has 91 heavy (non-hydrogen) atoms. The van der Waals surface area contributed by atoms with E-state index < -0.39 is 24.1 Å². The minimum absolute atomic E-state index is 0.0618. The summed E-state index contributed by atoms with van der Waals surface area (Å²) in [4.78, 5) is 86.9. The predicted octanol–water partition coefficient (Wildman–Crippen LogP) is 9.23. The van der Waals surface area contributed by atoms with Gasteiger partial charge in [-0.2, -0.15) is 0 Å². The van der Waals surface area contributed by atoms with Gasteiger partial charge in [0.05, 0.1) is 56.3 Å². The molecule has 6 N–H and O–H groups in total. The first kappa shape index (κ1) is 68.2. The van der Waals surface area contributed by atoms with Crippen molar-refractivity contribution in [3.63, 3.8) is 0 Å². The van der Waals surface area contributed by atoms with Crippen LogP contribution in [0.5, 0.6) is 17.2 Å². The molecule has 21 nitrogen and oxygen atoms in total. The number of halogens is 2. The van der Waals surface area contributed by atoms with Gasteiger partial charge in [0.1, 0.15) is 24.7 Å². The first-order valence-corrected chi connectivity index (χ1v) is 33.4.